The number of sulfone groups is 1. The summed E-state index contributed by atoms with van der Waals surface area (Å²) in [6.07, 6.45) is 2.08. The molecule has 0 aromatic carbocycles. The van der Waals surface area contributed by atoms with E-state index in [0.29, 0.717) is 18.3 Å². The minimum Gasteiger partial charge on any atom is -0.355 e. The Labute approximate surface area is 121 Å². The maximum absolute atomic E-state index is 12.0. The van der Waals surface area contributed by atoms with E-state index in [1.165, 1.54) is 0 Å². The van der Waals surface area contributed by atoms with Crippen molar-refractivity contribution in [1.29, 1.82) is 0 Å². The highest BCUT2D eigenvalue weighted by molar-refractivity contribution is 7.99. The summed E-state index contributed by atoms with van der Waals surface area (Å²) in [5.74, 6) is 0.988. The van der Waals surface area contributed by atoms with Gasteiger partial charge in [-0.1, -0.05) is 6.92 Å². The Balaban J connectivity index is 2.70. The van der Waals surface area contributed by atoms with Gasteiger partial charge in [0, 0.05) is 31.9 Å². The van der Waals surface area contributed by atoms with Crippen molar-refractivity contribution in [3.63, 3.8) is 0 Å². The van der Waals surface area contributed by atoms with Crippen molar-refractivity contribution >= 4 is 27.6 Å². The van der Waals surface area contributed by atoms with E-state index in [4.69, 9.17) is 0 Å². The molecule has 1 aliphatic rings. The summed E-state index contributed by atoms with van der Waals surface area (Å²) in [5, 5.41) is 3.81. The third-order valence-corrected chi connectivity index (χ3v) is 7.01. The summed E-state index contributed by atoms with van der Waals surface area (Å²) < 4.78 is 23.2. The van der Waals surface area contributed by atoms with E-state index < -0.39 is 14.6 Å². The average Bonchev–Trinajstić information content (AvgIpc) is 2.34. The van der Waals surface area contributed by atoms with E-state index in [-0.39, 0.29) is 5.75 Å². The second kappa shape index (κ2) is 6.35. The molecule has 19 heavy (non-hydrogen) atoms. The molecule has 0 radical (unpaired) electrons. The fourth-order valence-electron chi connectivity index (χ4n) is 1.98. The molecular formula is C12H25N3O2S2. The Hall–Kier alpha value is -0.430. The van der Waals surface area contributed by atoms with Gasteiger partial charge in [-0.25, -0.2) is 8.42 Å². The lowest BCUT2D eigenvalue weighted by molar-refractivity contribution is 0.353. The summed E-state index contributed by atoms with van der Waals surface area (Å²) in [7, 11) is -1.26. The number of rotatable bonds is 3. The number of nitrogens with zero attached hydrogens (tertiary/aromatic N) is 2. The molecule has 1 aliphatic heterocycles. The molecule has 1 rings (SSSR count). The summed E-state index contributed by atoms with van der Waals surface area (Å²) >= 11 is 1.79. The van der Waals surface area contributed by atoms with Crippen LogP contribution in [0.5, 0.6) is 0 Å². The minimum absolute atomic E-state index is 0.193. The van der Waals surface area contributed by atoms with Crippen molar-refractivity contribution < 1.29 is 8.42 Å². The van der Waals surface area contributed by atoms with Gasteiger partial charge >= 0.3 is 0 Å². The van der Waals surface area contributed by atoms with Crippen LogP contribution in [0.1, 0.15) is 20.8 Å². The molecule has 1 heterocycles. The van der Waals surface area contributed by atoms with Crippen LogP contribution >= 0.6 is 11.8 Å². The van der Waals surface area contributed by atoms with E-state index in [1.54, 1.807) is 32.7 Å². The number of hydrogen-bond donors (Lipinski definition) is 1. The maximum atomic E-state index is 12.0. The second-order valence-corrected chi connectivity index (χ2v) is 9.49. The molecule has 0 aliphatic carbocycles. The molecule has 0 saturated carbocycles. The molecule has 112 valence electrons. The molecule has 1 fully saturated rings. The zero-order valence-electron chi connectivity index (χ0n) is 12.4. The van der Waals surface area contributed by atoms with Gasteiger partial charge in [0.1, 0.15) is 0 Å². The second-order valence-electron chi connectivity index (χ2n) is 5.47. The molecule has 0 aromatic heterocycles. The van der Waals surface area contributed by atoms with Gasteiger partial charge in [-0.15, -0.1) is 0 Å². The predicted molar refractivity (Wildman–Crippen MR) is 83.8 cm³/mol. The van der Waals surface area contributed by atoms with Crippen LogP contribution < -0.4 is 5.32 Å². The Kier molecular flexibility index (Phi) is 5.55. The molecule has 5 nitrogen and oxygen atoms in total. The van der Waals surface area contributed by atoms with Crippen LogP contribution in [0.3, 0.4) is 0 Å². The van der Waals surface area contributed by atoms with Crippen LogP contribution in [-0.4, -0.2) is 68.0 Å². The first-order chi connectivity index (χ1) is 8.73. The van der Waals surface area contributed by atoms with Crippen LogP contribution in [0, 0.1) is 0 Å². The van der Waals surface area contributed by atoms with E-state index in [9.17, 15) is 8.42 Å². The molecule has 0 bridgehead atoms. The summed E-state index contributed by atoms with van der Waals surface area (Å²) in [6.45, 7) is 7.55. The topological polar surface area (TPSA) is 61.8 Å². The van der Waals surface area contributed by atoms with Gasteiger partial charge in [-0.2, -0.15) is 11.8 Å². The largest absolute Gasteiger partial charge is 0.355 e. The molecule has 1 atom stereocenters. The molecule has 0 aromatic rings. The van der Waals surface area contributed by atoms with Gasteiger partial charge < -0.3 is 10.2 Å². The fourth-order valence-corrected chi connectivity index (χ4v) is 3.59. The molecule has 1 saturated heterocycles. The molecule has 1 N–H and O–H groups in total. The number of aliphatic imine (C=N–C) groups is 1. The van der Waals surface area contributed by atoms with Gasteiger partial charge in [0.05, 0.1) is 10.5 Å². The Bertz CT molecular complexity index is 432. The van der Waals surface area contributed by atoms with Gasteiger partial charge in [0.25, 0.3) is 0 Å². The van der Waals surface area contributed by atoms with Crippen LogP contribution in [0.25, 0.3) is 0 Å². The SMILES string of the molecule is CN=C(NCC(C)SC)N1CCS(=O)(=O)C(C)(C)C1. The molecule has 0 spiro atoms. The number of thioether (sulfide) groups is 1. The summed E-state index contributed by atoms with van der Waals surface area (Å²) in [5.41, 5.74) is 0. The van der Waals surface area contributed by atoms with Crippen LogP contribution in [0.4, 0.5) is 0 Å². The monoisotopic (exact) mass is 307 g/mol. The Morgan fingerprint density at radius 3 is 2.63 bits per heavy atom. The van der Waals surface area contributed by atoms with Gasteiger partial charge in [-0.3, -0.25) is 4.99 Å². The van der Waals surface area contributed by atoms with Crippen LogP contribution in [0.15, 0.2) is 4.99 Å². The van der Waals surface area contributed by atoms with Crippen LogP contribution in [-0.2, 0) is 9.84 Å². The van der Waals surface area contributed by atoms with Gasteiger partial charge in [0.2, 0.25) is 0 Å². The first-order valence-corrected chi connectivity index (χ1v) is 9.38. The lowest BCUT2D eigenvalue weighted by atomic mass is 10.2. The third-order valence-electron chi connectivity index (χ3n) is 3.50. The Morgan fingerprint density at radius 2 is 2.16 bits per heavy atom. The predicted octanol–water partition coefficient (Wildman–Crippen LogP) is 0.822. The Morgan fingerprint density at radius 1 is 1.53 bits per heavy atom. The first-order valence-electron chi connectivity index (χ1n) is 6.44. The average molecular weight is 307 g/mol. The minimum atomic E-state index is -3.00. The maximum Gasteiger partial charge on any atom is 0.193 e. The first kappa shape index (κ1) is 16.6. The van der Waals surface area contributed by atoms with Crippen molar-refractivity contribution in [2.45, 2.75) is 30.8 Å². The number of guanidine groups is 1. The van der Waals surface area contributed by atoms with Crippen molar-refractivity contribution in [2.75, 3.05) is 38.7 Å². The molecule has 0 amide bonds. The van der Waals surface area contributed by atoms with E-state index in [2.05, 4.69) is 23.5 Å². The number of nitrogens with one attached hydrogen (secondary N) is 1. The van der Waals surface area contributed by atoms with E-state index >= 15 is 0 Å². The van der Waals surface area contributed by atoms with Crippen molar-refractivity contribution in [3.8, 4) is 0 Å². The van der Waals surface area contributed by atoms with E-state index in [0.717, 1.165) is 12.5 Å². The highest BCUT2D eigenvalue weighted by Gasteiger charge is 2.40. The van der Waals surface area contributed by atoms with Gasteiger partial charge in [-0.05, 0) is 20.1 Å². The van der Waals surface area contributed by atoms with Crippen molar-refractivity contribution in [2.24, 2.45) is 4.99 Å². The van der Waals surface area contributed by atoms with Gasteiger partial charge in [0.15, 0.2) is 15.8 Å². The smallest absolute Gasteiger partial charge is 0.193 e. The zero-order valence-corrected chi connectivity index (χ0v) is 14.1. The fraction of sp³-hybridized carbons (Fsp3) is 0.917. The normalized spacial score (nSPS) is 24.1. The third kappa shape index (κ3) is 4.02. The highest BCUT2D eigenvalue weighted by Crippen LogP contribution is 2.23. The number of hydrogen-bond acceptors (Lipinski definition) is 4. The summed E-state index contributed by atoms with van der Waals surface area (Å²) in [6, 6.07) is 0. The molecular weight excluding hydrogens is 282 g/mol. The van der Waals surface area contributed by atoms with Crippen molar-refractivity contribution in [1.82, 2.24) is 10.2 Å². The van der Waals surface area contributed by atoms with E-state index in [1.807, 2.05) is 4.90 Å². The quantitative estimate of drug-likeness (QED) is 0.618. The highest BCUT2D eigenvalue weighted by atomic mass is 32.2. The lowest BCUT2D eigenvalue weighted by Crippen LogP contribution is -2.57. The molecule has 1 unspecified atom stereocenters. The lowest BCUT2D eigenvalue weighted by Gasteiger charge is -2.39. The van der Waals surface area contributed by atoms with Crippen LogP contribution in [0.2, 0.25) is 0 Å². The van der Waals surface area contributed by atoms with Crippen molar-refractivity contribution in [3.05, 3.63) is 0 Å². The zero-order chi connectivity index (χ0) is 14.7. The standard InChI is InChI=1S/C12H25N3O2S2/c1-10(18-5)8-14-11(13-4)15-6-7-19(16,17)12(2,3)9-15/h10H,6-9H2,1-5H3,(H,13,14). The summed E-state index contributed by atoms with van der Waals surface area (Å²) in [4.78, 5) is 6.29. The molecule has 7 heteroatoms.